The van der Waals surface area contributed by atoms with Gasteiger partial charge < -0.3 is 20.0 Å². The average molecular weight is 298 g/mol. The van der Waals surface area contributed by atoms with Crippen LogP contribution in [0.2, 0.25) is 0 Å². The van der Waals surface area contributed by atoms with E-state index in [9.17, 15) is 14.7 Å². The minimum absolute atomic E-state index is 0.0346. The van der Waals surface area contributed by atoms with Crippen LogP contribution < -0.4 is 0 Å². The van der Waals surface area contributed by atoms with Crippen molar-refractivity contribution in [2.24, 2.45) is 11.8 Å². The molecule has 0 unspecified atom stereocenters. The summed E-state index contributed by atoms with van der Waals surface area (Å²) >= 11 is 0. The first-order valence-electron chi connectivity index (χ1n) is 7.85. The fourth-order valence-electron chi connectivity index (χ4n) is 3.55. The summed E-state index contributed by atoms with van der Waals surface area (Å²) in [5, 5.41) is 18.3. The summed E-state index contributed by atoms with van der Waals surface area (Å²) in [6.45, 7) is 2.25. The van der Waals surface area contributed by atoms with Crippen LogP contribution in [0.3, 0.4) is 0 Å². The monoisotopic (exact) mass is 298 g/mol. The summed E-state index contributed by atoms with van der Waals surface area (Å²) in [5.74, 6) is -1.31. The maximum atomic E-state index is 12.7. The second kappa shape index (κ2) is 7.22. The van der Waals surface area contributed by atoms with Crippen molar-refractivity contribution in [2.75, 3.05) is 33.3 Å². The highest BCUT2D eigenvalue weighted by Crippen LogP contribution is 2.33. The Morgan fingerprint density at radius 3 is 2.29 bits per heavy atom. The van der Waals surface area contributed by atoms with Crippen molar-refractivity contribution < 1.29 is 19.8 Å². The van der Waals surface area contributed by atoms with Crippen molar-refractivity contribution in [2.45, 2.75) is 38.1 Å². The summed E-state index contributed by atoms with van der Waals surface area (Å²) in [6, 6.07) is 0.185. The van der Waals surface area contributed by atoms with E-state index in [0.717, 1.165) is 25.9 Å². The van der Waals surface area contributed by atoms with E-state index in [1.165, 1.54) is 0 Å². The fourth-order valence-corrected chi connectivity index (χ4v) is 3.55. The predicted octanol–water partition coefficient (Wildman–Crippen LogP) is 0.402. The zero-order chi connectivity index (χ0) is 15.4. The molecule has 2 aliphatic rings. The number of carboxylic acids is 1. The number of likely N-dealkylation sites (tertiary alicyclic amines) is 1. The maximum absolute atomic E-state index is 12.7. The zero-order valence-corrected chi connectivity index (χ0v) is 12.7. The van der Waals surface area contributed by atoms with Gasteiger partial charge in [-0.3, -0.25) is 9.59 Å². The van der Waals surface area contributed by atoms with Gasteiger partial charge >= 0.3 is 5.97 Å². The third kappa shape index (κ3) is 3.95. The Balaban J connectivity index is 1.97. The van der Waals surface area contributed by atoms with E-state index in [2.05, 4.69) is 11.9 Å². The average Bonchev–Trinajstić information content (AvgIpc) is 2.95. The van der Waals surface area contributed by atoms with E-state index >= 15 is 0 Å². The second-order valence-electron chi connectivity index (χ2n) is 6.33. The minimum Gasteiger partial charge on any atom is -0.481 e. The first kappa shape index (κ1) is 16.2. The summed E-state index contributed by atoms with van der Waals surface area (Å²) < 4.78 is 0. The fraction of sp³-hybridized carbons (Fsp3) is 0.867. The maximum Gasteiger partial charge on any atom is 0.306 e. The molecule has 2 atom stereocenters. The van der Waals surface area contributed by atoms with Crippen LogP contribution in [-0.2, 0) is 9.59 Å². The molecule has 1 aliphatic heterocycles. The quantitative estimate of drug-likeness (QED) is 0.768. The van der Waals surface area contributed by atoms with Crippen molar-refractivity contribution in [1.82, 2.24) is 9.80 Å². The molecule has 120 valence electrons. The van der Waals surface area contributed by atoms with Gasteiger partial charge in [-0.1, -0.05) is 0 Å². The molecule has 1 saturated carbocycles. The van der Waals surface area contributed by atoms with E-state index in [0.29, 0.717) is 25.8 Å². The lowest BCUT2D eigenvalue weighted by Gasteiger charge is -2.38. The van der Waals surface area contributed by atoms with Crippen molar-refractivity contribution in [3.63, 3.8) is 0 Å². The van der Waals surface area contributed by atoms with Crippen molar-refractivity contribution in [3.8, 4) is 0 Å². The number of piperidine rings is 1. The summed E-state index contributed by atoms with van der Waals surface area (Å²) in [5.41, 5.74) is 0. The number of hydrogen-bond donors (Lipinski definition) is 2. The molecule has 0 bridgehead atoms. The number of carbonyl (C=O) groups is 2. The van der Waals surface area contributed by atoms with Crippen LogP contribution in [0.4, 0.5) is 0 Å². The molecule has 2 rings (SSSR count). The molecular weight excluding hydrogens is 272 g/mol. The van der Waals surface area contributed by atoms with Gasteiger partial charge in [0.1, 0.15) is 0 Å². The number of amides is 1. The molecule has 1 heterocycles. The molecule has 0 aromatic carbocycles. The van der Waals surface area contributed by atoms with E-state index in [4.69, 9.17) is 5.11 Å². The van der Waals surface area contributed by atoms with Crippen molar-refractivity contribution in [1.29, 1.82) is 0 Å². The van der Waals surface area contributed by atoms with Crippen molar-refractivity contribution >= 4 is 11.9 Å². The summed E-state index contributed by atoms with van der Waals surface area (Å²) in [6.07, 6.45) is 3.55. The van der Waals surface area contributed by atoms with Gasteiger partial charge in [-0.25, -0.2) is 0 Å². The lowest BCUT2D eigenvalue weighted by atomic mass is 9.99. The van der Waals surface area contributed by atoms with Gasteiger partial charge in [-0.05, 0) is 52.2 Å². The number of aliphatic carboxylic acids is 1. The summed E-state index contributed by atoms with van der Waals surface area (Å²) in [7, 11) is 2.07. The largest absolute Gasteiger partial charge is 0.481 e. The van der Waals surface area contributed by atoms with Crippen LogP contribution >= 0.6 is 0 Å². The Labute approximate surface area is 125 Å². The highest BCUT2D eigenvalue weighted by atomic mass is 16.4. The number of carboxylic acid groups (broad SMARTS) is 1. The van der Waals surface area contributed by atoms with Crippen LogP contribution in [0.1, 0.15) is 32.1 Å². The Bertz CT molecular complexity index is 380. The molecule has 0 spiro atoms. The van der Waals surface area contributed by atoms with Gasteiger partial charge in [-0.15, -0.1) is 0 Å². The first-order valence-corrected chi connectivity index (χ1v) is 7.85. The molecule has 21 heavy (non-hydrogen) atoms. The van der Waals surface area contributed by atoms with Crippen LogP contribution in [0.25, 0.3) is 0 Å². The van der Waals surface area contributed by atoms with E-state index < -0.39 is 5.97 Å². The van der Waals surface area contributed by atoms with Gasteiger partial charge in [0, 0.05) is 18.5 Å². The smallest absolute Gasteiger partial charge is 0.306 e. The Kier molecular flexibility index (Phi) is 5.58. The topological polar surface area (TPSA) is 81.1 Å². The number of carbonyl (C=O) groups excluding carboxylic acids is 1. The first-order chi connectivity index (χ1) is 10.0. The molecule has 1 aliphatic carbocycles. The van der Waals surface area contributed by atoms with Gasteiger partial charge in [0.25, 0.3) is 0 Å². The van der Waals surface area contributed by atoms with Gasteiger partial charge in [-0.2, -0.15) is 0 Å². The molecular formula is C15H26N2O4. The Morgan fingerprint density at radius 1 is 1.14 bits per heavy atom. The molecule has 6 heteroatoms. The SMILES string of the molecule is CN1CCC(N(CCO)C(=O)[C@@H]2CC[C@H](C(=O)O)C2)CC1. The minimum atomic E-state index is -0.793. The lowest BCUT2D eigenvalue weighted by molar-refractivity contribution is -0.142. The molecule has 2 fully saturated rings. The van der Waals surface area contributed by atoms with E-state index in [1.54, 1.807) is 0 Å². The van der Waals surface area contributed by atoms with Gasteiger partial charge in [0.2, 0.25) is 5.91 Å². The molecule has 0 radical (unpaired) electrons. The van der Waals surface area contributed by atoms with E-state index in [1.807, 2.05) is 4.90 Å². The molecule has 1 amide bonds. The van der Waals surface area contributed by atoms with Crippen LogP contribution in [-0.4, -0.2) is 71.2 Å². The summed E-state index contributed by atoms with van der Waals surface area (Å²) in [4.78, 5) is 27.8. The van der Waals surface area contributed by atoms with Crippen molar-refractivity contribution in [3.05, 3.63) is 0 Å². The Morgan fingerprint density at radius 2 is 1.76 bits per heavy atom. The molecule has 2 N–H and O–H groups in total. The molecule has 0 aromatic heterocycles. The van der Waals surface area contributed by atoms with Crippen LogP contribution in [0.15, 0.2) is 0 Å². The molecule has 1 saturated heterocycles. The predicted molar refractivity (Wildman–Crippen MR) is 77.8 cm³/mol. The molecule has 6 nitrogen and oxygen atoms in total. The van der Waals surface area contributed by atoms with E-state index in [-0.39, 0.29) is 30.4 Å². The van der Waals surface area contributed by atoms with Crippen LogP contribution in [0.5, 0.6) is 0 Å². The third-order valence-corrected chi connectivity index (χ3v) is 4.88. The highest BCUT2D eigenvalue weighted by Gasteiger charge is 2.37. The lowest BCUT2D eigenvalue weighted by Crippen LogP contribution is -2.49. The zero-order valence-electron chi connectivity index (χ0n) is 12.7. The highest BCUT2D eigenvalue weighted by molar-refractivity contribution is 5.81. The van der Waals surface area contributed by atoms with Gasteiger partial charge in [0.05, 0.1) is 12.5 Å². The van der Waals surface area contributed by atoms with Gasteiger partial charge in [0.15, 0.2) is 0 Å². The number of nitrogens with zero attached hydrogens (tertiary/aromatic N) is 2. The Hall–Kier alpha value is -1.14. The number of rotatable bonds is 5. The third-order valence-electron chi connectivity index (χ3n) is 4.88. The standard InChI is InChI=1S/C15H26N2O4/c1-16-6-4-13(5-7-16)17(8-9-18)14(19)11-2-3-12(10-11)15(20)21/h11-13,18H,2-10H2,1H3,(H,20,21)/t11-,12+/m1/s1. The second-order valence-corrected chi connectivity index (χ2v) is 6.33. The molecule has 0 aromatic rings. The number of hydrogen-bond acceptors (Lipinski definition) is 4. The normalized spacial score (nSPS) is 27.7. The number of aliphatic hydroxyl groups is 1. The number of aliphatic hydroxyl groups excluding tert-OH is 1. The van der Waals surface area contributed by atoms with Crippen LogP contribution in [0, 0.1) is 11.8 Å².